The molecular weight excluding hydrogens is 200 g/mol. The molecule has 2 saturated heterocycles. The highest BCUT2D eigenvalue weighted by molar-refractivity contribution is 4.93. The summed E-state index contributed by atoms with van der Waals surface area (Å²) >= 11 is 0. The average Bonchev–Trinajstić information content (AvgIpc) is 2.65. The van der Waals surface area contributed by atoms with Crippen molar-refractivity contribution < 1.29 is 4.74 Å². The monoisotopic (exact) mass is 226 g/mol. The number of nitrogens with zero attached hydrogens (tertiary/aromatic N) is 1. The molecular formula is C13H26N2O. The van der Waals surface area contributed by atoms with Gasteiger partial charge in [-0.1, -0.05) is 6.92 Å². The Kier molecular flexibility index (Phi) is 3.57. The standard InChI is InChI=1S/C13H26N2O/c1-4-12(2)10-15(8-7-14-12)11-13(3)6-5-9-16-13/h14H,4-11H2,1-3H3. The molecule has 16 heavy (non-hydrogen) atoms. The van der Waals surface area contributed by atoms with E-state index in [0.29, 0.717) is 5.54 Å². The largest absolute Gasteiger partial charge is 0.374 e. The fourth-order valence-electron chi connectivity index (χ4n) is 2.95. The second kappa shape index (κ2) is 4.63. The van der Waals surface area contributed by atoms with Gasteiger partial charge in [-0.3, -0.25) is 4.90 Å². The minimum atomic E-state index is 0.117. The number of nitrogens with one attached hydrogen (secondary N) is 1. The van der Waals surface area contributed by atoms with Crippen molar-refractivity contribution in [2.24, 2.45) is 0 Å². The van der Waals surface area contributed by atoms with E-state index < -0.39 is 0 Å². The van der Waals surface area contributed by atoms with E-state index in [0.717, 1.165) is 32.8 Å². The Bertz CT molecular complexity index is 238. The lowest BCUT2D eigenvalue weighted by molar-refractivity contribution is -0.0204. The van der Waals surface area contributed by atoms with Crippen molar-refractivity contribution in [3.63, 3.8) is 0 Å². The predicted molar refractivity (Wildman–Crippen MR) is 66.7 cm³/mol. The lowest BCUT2D eigenvalue weighted by Crippen LogP contribution is -2.60. The van der Waals surface area contributed by atoms with Gasteiger partial charge >= 0.3 is 0 Å². The summed E-state index contributed by atoms with van der Waals surface area (Å²) in [6.07, 6.45) is 3.65. The molecule has 0 spiro atoms. The maximum absolute atomic E-state index is 5.88. The minimum Gasteiger partial charge on any atom is -0.374 e. The summed E-state index contributed by atoms with van der Waals surface area (Å²) in [6.45, 7) is 12.3. The third kappa shape index (κ3) is 2.76. The Balaban J connectivity index is 1.90. The molecule has 1 N–H and O–H groups in total. The van der Waals surface area contributed by atoms with Crippen LogP contribution in [0, 0.1) is 0 Å². The maximum Gasteiger partial charge on any atom is 0.0781 e. The van der Waals surface area contributed by atoms with E-state index in [1.807, 2.05) is 0 Å². The van der Waals surface area contributed by atoms with E-state index >= 15 is 0 Å². The zero-order valence-electron chi connectivity index (χ0n) is 11.0. The molecule has 2 unspecified atom stereocenters. The van der Waals surface area contributed by atoms with Gasteiger partial charge in [-0.2, -0.15) is 0 Å². The summed E-state index contributed by atoms with van der Waals surface area (Å²) in [6, 6.07) is 0. The van der Waals surface area contributed by atoms with Gasteiger partial charge in [0.15, 0.2) is 0 Å². The Morgan fingerprint density at radius 2 is 2.19 bits per heavy atom. The Hall–Kier alpha value is -0.120. The van der Waals surface area contributed by atoms with Gasteiger partial charge in [0.2, 0.25) is 0 Å². The molecule has 0 bridgehead atoms. The van der Waals surface area contributed by atoms with Crippen LogP contribution in [0.3, 0.4) is 0 Å². The fourth-order valence-corrected chi connectivity index (χ4v) is 2.95. The van der Waals surface area contributed by atoms with Crippen LogP contribution < -0.4 is 5.32 Å². The zero-order valence-corrected chi connectivity index (χ0v) is 11.0. The van der Waals surface area contributed by atoms with E-state index in [2.05, 4.69) is 31.0 Å². The Morgan fingerprint density at radius 3 is 2.81 bits per heavy atom. The molecule has 3 heteroatoms. The van der Waals surface area contributed by atoms with Crippen LogP contribution in [0.25, 0.3) is 0 Å². The highest BCUT2D eigenvalue weighted by Crippen LogP contribution is 2.27. The SMILES string of the molecule is CCC1(C)CN(CC2(C)CCCO2)CCN1. The van der Waals surface area contributed by atoms with Crippen molar-refractivity contribution in [3.8, 4) is 0 Å². The van der Waals surface area contributed by atoms with Crippen LogP contribution in [0.15, 0.2) is 0 Å². The van der Waals surface area contributed by atoms with Crippen molar-refractivity contribution >= 4 is 0 Å². The van der Waals surface area contributed by atoms with Gasteiger partial charge in [0.1, 0.15) is 0 Å². The third-order valence-corrected chi connectivity index (χ3v) is 4.19. The van der Waals surface area contributed by atoms with E-state index in [1.54, 1.807) is 0 Å². The number of piperazine rings is 1. The summed E-state index contributed by atoms with van der Waals surface area (Å²) in [5, 5.41) is 3.63. The fraction of sp³-hybridized carbons (Fsp3) is 1.00. The second-order valence-corrected chi connectivity index (χ2v) is 5.95. The lowest BCUT2D eigenvalue weighted by Gasteiger charge is -2.43. The first-order valence-corrected chi connectivity index (χ1v) is 6.67. The summed E-state index contributed by atoms with van der Waals surface area (Å²) in [7, 11) is 0. The molecule has 0 radical (unpaired) electrons. The zero-order chi connectivity index (χ0) is 11.6. The van der Waals surface area contributed by atoms with Gasteiger partial charge in [0.05, 0.1) is 5.60 Å². The molecule has 2 aliphatic rings. The molecule has 2 aliphatic heterocycles. The highest BCUT2D eigenvalue weighted by atomic mass is 16.5. The normalized spacial score (nSPS) is 41.4. The summed E-state index contributed by atoms with van der Waals surface area (Å²) in [5.41, 5.74) is 0.416. The van der Waals surface area contributed by atoms with E-state index in [1.165, 1.54) is 19.3 Å². The molecule has 0 aromatic heterocycles. The van der Waals surface area contributed by atoms with Crippen molar-refractivity contribution in [1.82, 2.24) is 10.2 Å². The van der Waals surface area contributed by atoms with Gasteiger partial charge in [-0.25, -0.2) is 0 Å². The van der Waals surface area contributed by atoms with E-state index in [-0.39, 0.29) is 5.60 Å². The van der Waals surface area contributed by atoms with Gasteiger partial charge in [0.25, 0.3) is 0 Å². The van der Waals surface area contributed by atoms with E-state index in [9.17, 15) is 0 Å². The van der Waals surface area contributed by atoms with Crippen LogP contribution in [0.1, 0.15) is 40.0 Å². The van der Waals surface area contributed by atoms with Crippen LogP contribution in [0.4, 0.5) is 0 Å². The molecule has 2 heterocycles. The van der Waals surface area contributed by atoms with Gasteiger partial charge in [-0.15, -0.1) is 0 Å². The van der Waals surface area contributed by atoms with Gasteiger partial charge < -0.3 is 10.1 Å². The summed E-state index contributed by atoms with van der Waals surface area (Å²) < 4.78 is 5.88. The minimum absolute atomic E-state index is 0.117. The average molecular weight is 226 g/mol. The molecule has 94 valence electrons. The summed E-state index contributed by atoms with van der Waals surface area (Å²) in [4.78, 5) is 2.57. The van der Waals surface area contributed by atoms with E-state index in [4.69, 9.17) is 4.74 Å². The molecule has 2 atom stereocenters. The molecule has 0 aliphatic carbocycles. The quantitative estimate of drug-likeness (QED) is 0.791. The lowest BCUT2D eigenvalue weighted by atomic mass is 9.94. The van der Waals surface area contributed by atoms with Crippen LogP contribution in [-0.2, 0) is 4.74 Å². The third-order valence-electron chi connectivity index (χ3n) is 4.19. The van der Waals surface area contributed by atoms with Crippen molar-refractivity contribution in [2.75, 3.05) is 32.8 Å². The van der Waals surface area contributed by atoms with Gasteiger partial charge in [-0.05, 0) is 33.1 Å². The molecule has 0 aromatic rings. The van der Waals surface area contributed by atoms with Crippen LogP contribution in [0.2, 0.25) is 0 Å². The molecule has 0 aromatic carbocycles. The second-order valence-electron chi connectivity index (χ2n) is 5.95. The number of rotatable bonds is 3. The Morgan fingerprint density at radius 1 is 1.38 bits per heavy atom. The molecule has 3 nitrogen and oxygen atoms in total. The van der Waals surface area contributed by atoms with Crippen molar-refractivity contribution in [2.45, 2.75) is 51.2 Å². The highest BCUT2D eigenvalue weighted by Gasteiger charge is 2.35. The summed E-state index contributed by atoms with van der Waals surface area (Å²) in [5.74, 6) is 0. The van der Waals surface area contributed by atoms with Crippen LogP contribution >= 0.6 is 0 Å². The molecule has 2 rings (SSSR count). The molecule has 0 saturated carbocycles. The van der Waals surface area contributed by atoms with Crippen LogP contribution in [0.5, 0.6) is 0 Å². The first-order chi connectivity index (χ1) is 7.55. The topological polar surface area (TPSA) is 24.5 Å². The van der Waals surface area contributed by atoms with Crippen molar-refractivity contribution in [1.29, 1.82) is 0 Å². The molecule has 0 amide bonds. The first-order valence-electron chi connectivity index (χ1n) is 6.67. The van der Waals surface area contributed by atoms with Gasteiger partial charge in [0, 0.05) is 38.3 Å². The number of hydrogen-bond donors (Lipinski definition) is 1. The number of hydrogen-bond acceptors (Lipinski definition) is 3. The smallest absolute Gasteiger partial charge is 0.0781 e. The Labute approximate surface area is 99.5 Å². The molecule has 2 fully saturated rings. The first kappa shape index (κ1) is 12.3. The maximum atomic E-state index is 5.88. The number of ether oxygens (including phenoxy) is 1. The predicted octanol–water partition coefficient (Wildman–Crippen LogP) is 1.63. The van der Waals surface area contributed by atoms with Crippen molar-refractivity contribution in [3.05, 3.63) is 0 Å². The van der Waals surface area contributed by atoms with Crippen LogP contribution in [-0.4, -0.2) is 48.8 Å².